The fraction of sp³-hybridized carbons (Fsp3) is 0.0370. The predicted molar refractivity (Wildman–Crippen MR) is 249 cm³/mol. The lowest BCUT2D eigenvalue weighted by molar-refractivity contribution is 0.997. The van der Waals surface area contributed by atoms with Gasteiger partial charge in [0.1, 0.15) is 0 Å². The lowest BCUT2D eigenvalue weighted by atomic mass is 10.0. The number of rotatable bonds is 8. The summed E-state index contributed by atoms with van der Waals surface area (Å²) in [5.41, 5.74) is 12.8. The van der Waals surface area contributed by atoms with Crippen LogP contribution in [0.1, 0.15) is 12.8 Å². The Morgan fingerprint density at radius 2 is 1.03 bits per heavy atom. The largest absolute Gasteiger partial charge is 0.311 e. The van der Waals surface area contributed by atoms with E-state index in [0.717, 1.165) is 47.0 Å². The molecule has 8 aromatic carbocycles. The van der Waals surface area contributed by atoms with Crippen molar-refractivity contribution in [3.63, 3.8) is 0 Å². The zero-order valence-electron chi connectivity index (χ0n) is 31.9. The summed E-state index contributed by atoms with van der Waals surface area (Å²) in [5, 5.41) is 5.08. The average molecular weight is 762 g/mol. The molecule has 4 heteroatoms. The van der Waals surface area contributed by atoms with Gasteiger partial charge in [0.2, 0.25) is 0 Å². The highest BCUT2D eigenvalue weighted by molar-refractivity contribution is 7.25. The molecule has 1 aliphatic carbocycles. The molecule has 276 valence electrons. The van der Waals surface area contributed by atoms with Crippen molar-refractivity contribution in [3.05, 3.63) is 218 Å². The van der Waals surface area contributed by atoms with E-state index in [9.17, 15) is 0 Å². The minimum absolute atomic E-state index is 1.05. The van der Waals surface area contributed by atoms with Crippen LogP contribution in [0.15, 0.2) is 218 Å². The molecule has 10 aromatic rings. The second kappa shape index (κ2) is 14.4. The van der Waals surface area contributed by atoms with Crippen LogP contribution < -0.4 is 9.80 Å². The number of thiophene rings is 1. The molecule has 0 N–H and O–H groups in total. The van der Waals surface area contributed by atoms with Crippen molar-refractivity contribution < 1.29 is 0 Å². The number of para-hydroxylation sites is 3. The third-order valence-corrected chi connectivity index (χ3v) is 12.5. The van der Waals surface area contributed by atoms with E-state index in [2.05, 4.69) is 227 Å². The molecule has 58 heavy (non-hydrogen) atoms. The van der Waals surface area contributed by atoms with Crippen LogP contribution >= 0.6 is 11.3 Å². The lowest BCUT2D eigenvalue weighted by Crippen LogP contribution is -2.16. The monoisotopic (exact) mass is 761 g/mol. The highest BCUT2D eigenvalue weighted by Gasteiger charge is 2.20. The molecule has 11 rings (SSSR count). The van der Waals surface area contributed by atoms with E-state index in [-0.39, 0.29) is 0 Å². The smallest absolute Gasteiger partial charge is 0.0548 e. The number of fused-ring (bicyclic) bond motifs is 6. The van der Waals surface area contributed by atoms with Crippen molar-refractivity contribution in [3.8, 4) is 16.8 Å². The van der Waals surface area contributed by atoms with Crippen LogP contribution in [0.3, 0.4) is 0 Å². The van der Waals surface area contributed by atoms with Crippen LogP contribution in [-0.4, -0.2) is 4.57 Å². The van der Waals surface area contributed by atoms with E-state index in [1.54, 1.807) is 0 Å². The number of benzene rings is 8. The Hall–Kier alpha value is -7.14. The molecule has 0 spiro atoms. The molecule has 2 heterocycles. The van der Waals surface area contributed by atoms with E-state index >= 15 is 0 Å². The van der Waals surface area contributed by atoms with E-state index in [1.165, 1.54) is 58.8 Å². The molecule has 1 aliphatic rings. The minimum atomic E-state index is 1.05. The molecule has 0 aliphatic heterocycles. The van der Waals surface area contributed by atoms with Gasteiger partial charge in [0.15, 0.2) is 0 Å². The van der Waals surface area contributed by atoms with Gasteiger partial charge in [0, 0.05) is 70.8 Å². The summed E-state index contributed by atoms with van der Waals surface area (Å²) in [6.45, 7) is 0. The highest BCUT2D eigenvalue weighted by atomic mass is 32.1. The number of hydrogen-bond donors (Lipinski definition) is 0. The van der Waals surface area contributed by atoms with Gasteiger partial charge in [0.05, 0.1) is 11.0 Å². The summed E-state index contributed by atoms with van der Waals surface area (Å²) >= 11 is 1.87. The van der Waals surface area contributed by atoms with Crippen LogP contribution in [0, 0.1) is 0 Å². The molecular weight excluding hydrogens is 723 g/mol. The summed E-state index contributed by atoms with van der Waals surface area (Å²) in [6, 6.07) is 70.6. The van der Waals surface area contributed by atoms with E-state index < -0.39 is 0 Å². The first-order chi connectivity index (χ1) is 28.8. The van der Waals surface area contributed by atoms with Gasteiger partial charge < -0.3 is 14.4 Å². The van der Waals surface area contributed by atoms with Crippen molar-refractivity contribution in [1.29, 1.82) is 0 Å². The number of hydrogen-bond acceptors (Lipinski definition) is 3. The Balaban J connectivity index is 1.07. The molecule has 0 amide bonds. The van der Waals surface area contributed by atoms with Crippen LogP contribution in [0.5, 0.6) is 0 Å². The molecule has 0 bridgehead atoms. The van der Waals surface area contributed by atoms with Crippen molar-refractivity contribution in [1.82, 2.24) is 4.57 Å². The van der Waals surface area contributed by atoms with Crippen molar-refractivity contribution in [2.45, 2.75) is 12.8 Å². The number of allylic oxidation sites excluding steroid dienone is 3. The second-order valence-electron chi connectivity index (χ2n) is 14.9. The third kappa shape index (κ3) is 5.98. The molecule has 0 unspecified atom stereocenters. The van der Waals surface area contributed by atoms with Gasteiger partial charge in [-0.15, -0.1) is 11.3 Å². The first-order valence-corrected chi connectivity index (χ1v) is 20.8. The first-order valence-electron chi connectivity index (χ1n) is 20.0. The van der Waals surface area contributed by atoms with Crippen LogP contribution in [0.2, 0.25) is 0 Å². The van der Waals surface area contributed by atoms with E-state index in [0.29, 0.717) is 0 Å². The molecular formula is C54H39N3S. The van der Waals surface area contributed by atoms with Crippen molar-refractivity contribution in [2.75, 3.05) is 9.80 Å². The molecule has 3 nitrogen and oxygen atoms in total. The van der Waals surface area contributed by atoms with Gasteiger partial charge in [-0.3, -0.25) is 0 Å². The first kappa shape index (κ1) is 34.1. The standard InChI is InChI=1S/C54H39N3S/c1-5-17-40(18-6-1)55(41-19-7-2-8-20-41)44-30-28-38(29-31-44)39-16-15-25-45(34-39)57-51-33-32-46(56(42-21-9-3-10-22-42)43-23-11-4-12-24-43)35-48(51)49-37-54-50(36-52(49)57)47-26-13-14-27-53(47)58-54/h1,3-7,9-37H,2,8H2. The maximum atomic E-state index is 2.46. The lowest BCUT2D eigenvalue weighted by Gasteiger charge is -2.27. The fourth-order valence-corrected chi connectivity index (χ4v) is 9.79. The highest BCUT2D eigenvalue weighted by Crippen LogP contribution is 2.44. The number of anilines is 5. The quantitative estimate of drug-likeness (QED) is 0.153. The topological polar surface area (TPSA) is 11.4 Å². The van der Waals surface area contributed by atoms with Crippen LogP contribution in [-0.2, 0) is 0 Å². The van der Waals surface area contributed by atoms with Crippen molar-refractivity contribution in [2.24, 2.45) is 0 Å². The molecule has 0 radical (unpaired) electrons. The second-order valence-corrected chi connectivity index (χ2v) is 16.0. The minimum Gasteiger partial charge on any atom is -0.311 e. The zero-order chi connectivity index (χ0) is 38.4. The molecule has 0 atom stereocenters. The SMILES string of the molecule is C1=CC(N(c2ccccc2)c2ccc(-c3cccc(-n4c5ccc(N(c6ccccc6)c6ccccc6)cc5c5cc6sc7ccccc7c6cc54)c3)cc2)=CCC1. The van der Waals surface area contributed by atoms with Crippen molar-refractivity contribution >= 4 is 81.8 Å². The van der Waals surface area contributed by atoms with Crippen LogP contribution in [0.4, 0.5) is 28.4 Å². The maximum Gasteiger partial charge on any atom is 0.0548 e. The molecule has 0 saturated carbocycles. The van der Waals surface area contributed by atoms with Crippen LogP contribution in [0.25, 0.3) is 58.8 Å². The van der Waals surface area contributed by atoms with Gasteiger partial charge in [-0.1, -0.05) is 109 Å². The molecule has 2 aromatic heterocycles. The van der Waals surface area contributed by atoms with Gasteiger partial charge in [-0.2, -0.15) is 0 Å². The average Bonchev–Trinajstić information content (AvgIpc) is 3.82. The van der Waals surface area contributed by atoms with E-state index in [1.807, 2.05) is 11.3 Å². The van der Waals surface area contributed by atoms with Gasteiger partial charge >= 0.3 is 0 Å². The predicted octanol–water partition coefficient (Wildman–Crippen LogP) is 15.7. The Bertz CT molecular complexity index is 3120. The number of aromatic nitrogens is 1. The summed E-state index contributed by atoms with van der Waals surface area (Å²) in [7, 11) is 0. The summed E-state index contributed by atoms with van der Waals surface area (Å²) in [5.74, 6) is 0. The summed E-state index contributed by atoms with van der Waals surface area (Å²) in [4.78, 5) is 4.71. The van der Waals surface area contributed by atoms with E-state index in [4.69, 9.17) is 0 Å². The zero-order valence-corrected chi connectivity index (χ0v) is 32.7. The van der Waals surface area contributed by atoms with Gasteiger partial charge in [-0.25, -0.2) is 0 Å². The Morgan fingerprint density at radius 3 is 1.74 bits per heavy atom. The number of nitrogens with zero attached hydrogens (tertiary/aromatic N) is 3. The normalized spacial score (nSPS) is 12.7. The Morgan fingerprint density at radius 1 is 0.397 bits per heavy atom. The summed E-state index contributed by atoms with van der Waals surface area (Å²) < 4.78 is 5.08. The summed E-state index contributed by atoms with van der Waals surface area (Å²) in [6.07, 6.45) is 9.00. The molecule has 0 saturated heterocycles. The van der Waals surface area contributed by atoms with Gasteiger partial charge in [0.25, 0.3) is 0 Å². The third-order valence-electron chi connectivity index (χ3n) is 11.3. The Kier molecular flexibility index (Phi) is 8.49. The fourth-order valence-electron chi connectivity index (χ4n) is 8.66. The Labute approximate surface area is 342 Å². The van der Waals surface area contributed by atoms with Gasteiger partial charge in [-0.05, 0) is 127 Å². The maximum absolute atomic E-state index is 2.46. The molecule has 0 fully saturated rings.